The molecule has 0 saturated carbocycles. The van der Waals surface area contributed by atoms with Crippen LogP contribution in [0.2, 0.25) is 0 Å². The number of nitrogens with zero attached hydrogens (tertiary/aromatic N) is 2. The topological polar surface area (TPSA) is 40.6 Å². The molecule has 4 nitrogen and oxygen atoms in total. The molecular formula is C39H42Br2N2O2. The zero-order valence-electron chi connectivity index (χ0n) is 26.6. The van der Waals surface area contributed by atoms with Crippen LogP contribution in [0.1, 0.15) is 103 Å². The lowest BCUT2D eigenvalue weighted by Gasteiger charge is -2.33. The fraction of sp³-hybridized carbons (Fsp3) is 0.385. The summed E-state index contributed by atoms with van der Waals surface area (Å²) in [6.07, 6.45) is 11.2. The Bertz CT molecular complexity index is 1690. The molecule has 45 heavy (non-hydrogen) atoms. The third kappa shape index (κ3) is 5.89. The summed E-state index contributed by atoms with van der Waals surface area (Å²) in [6, 6.07) is 23.3. The molecule has 234 valence electrons. The van der Waals surface area contributed by atoms with Crippen LogP contribution in [0.4, 0.5) is 5.69 Å². The summed E-state index contributed by atoms with van der Waals surface area (Å²) >= 11 is 7.55. The van der Waals surface area contributed by atoms with Crippen molar-refractivity contribution in [1.82, 2.24) is 4.90 Å². The standard InChI is InChI=1S/C39H42Br2N2O2/c1-4-5-6-9-21-39(33-24-26(40)15-17-28(33)29-18-16-27(41)25-34(29)39)22-10-7-8-11-23-43-37(44)31-14-12-13-30-35(42(2)3)20-19-32(36(30)31)38(43)45/h12-20,24-25H,4-11,21-23H2,1-3H3. The van der Waals surface area contributed by atoms with Crippen LogP contribution in [0.3, 0.4) is 0 Å². The number of hydrogen-bond donors (Lipinski definition) is 0. The Labute approximate surface area is 284 Å². The monoisotopic (exact) mass is 728 g/mol. The predicted molar refractivity (Wildman–Crippen MR) is 194 cm³/mol. The molecule has 0 spiro atoms. The molecule has 6 rings (SSSR count). The maximum atomic E-state index is 13.6. The quantitative estimate of drug-likeness (QED) is 0.102. The summed E-state index contributed by atoms with van der Waals surface area (Å²) in [7, 11) is 3.97. The van der Waals surface area contributed by atoms with E-state index in [1.165, 1.54) is 52.8 Å². The number of carbonyl (C=O) groups excluding carboxylic acids is 2. The molecule has 0 radical (unpaired) electrons. The Morgan fingerprint density at radius 1 is 0.667 bits per heavy atom. The smallest absolute Gasteiger partial charge is 0.261 e. The van der Waals surface area contributed by atoms with E-state index in [1.54, 1.807) is 0 Å². The normalized spacial score (nSPS) is 14.6. The number of benzene rings is 4. The number of anilines is 1. The van der Waals surface area contributed by atoms with Crippen LogP contribution >= 0.6 is 31.9 Å². The molecule has 1 aliphatic heterocycles. The van der Waals surface area contributed by atoms with E-state index < -0.39 is 0 Å². The van der Waals surface area contributed by atoms with Gasteiger partial charge in [0.25, 0.3) is 11.8 Å². The summed E-state index contributed by atoms with van der Waals surface area (Å²) in [5.74, 6) is -0.342. The lowest BCUT2D eigenvalue weighted by Crippen LogP contribution is -2.41. The lowest BCUT2D eigenvalue weighted by atomic mass is 9.70. The van der Waals surface area contributed by atoms with Crippen molar-refractivity contribution in [3.8, 4) is 11.1 Å². The average molecular weight is 731 g/mol. The minimum Gasteiger partial charge on any atom is -0.377 e. The average Bonchev–Trinajstić information content (AvgIpc) is 3.28. The van der Waals surface area contributed by atoms with Crippen LogP contribution in [-0.2, 0) is 5.41 Å². The molecule has 0 unspecified atom stereocenters. The highest BCUT2D eigenvalue weighted by atomic mass is 79.9. The first-order valence-electron chi connectivity index (χ1n) is 16.5. The highest BCUT2D eigenvalue weighted by Crippen LogP contribution is 2.55. The van der Waals surface area contributed by atoms with Crippen LogP contribution in [0.15, 0.2) is 75.7 Å². The van der Waals surface area contributed by atoms with Gasteiger partial charge in [0, 0.05) is 62.6 Å². The van der Waals surface area contributed by atoms with Gasteiger partial charge in [-0.1, -0.05) is 108 Å². The van der Waals surface area contributed by atoms with Gasteiger partial charge in [-0.05, 0) is 84.0 Å². The second-order valence-corrected chi connectivity index (χ2v) is 14.8. The van der Waals surface area contributed by atoms with Gasteiger partial charge in [-0.25, -0.2) is 0 Å². The summed E-state index contributed by atoms with van der Waals surface area (Å²) in [5, 5.41) is 1.74. The van der Waals surface area contributed by atoms with E-state index in [0.717, 1.165) is 63.9 Å². The number of imide groups is 1. The molecule has 0 saturated heterocycles. The van der Waals surface area contributed by atoms with E-state index in [2.05, 4.69) is 75.2 Å². The summed E-state index contributed by atoms with van der Waals surface area (Å²) in [5.41, 5.74) is 7.92. The van der Waals surface area contributed by atoms with Crippen molar-refractivity contribution in [3.05, 3.63) is 97.9 Å². The molecule has 4 aromatic rings. The number of unbranched alkanes of at least 4 members (excludes halogenated alkanes) is 6. The summed E-state index contributed by atoms with van der Waals surface area (Å²) in [6.45, 7) is 2.73. The van der Waals surface area contributed by atoms with Crippen molar-refractivity contribution < 1.29 is 9.59 Å². The van der Waals surface area contributed by atoms with Gasteiger partial charge < -0.3 is 4.90 Å². The van der Waals surface area contributed by atoms with Gasteiger partial charge in [-0.3, -0.25) is 14.5 Å². The van der Waals surface area contributed by atoms with Gasteiger partial charge in [0.2, 0.25) is 0 Å². The predicted octanol–water partition coefficient (Wildman–Crippen LogP) is 10.9. The number of amides is 2. The van der Waals surface area contributed by atoms with Crippen LogP contribution in [0.5, 0.6) is 0 Å². The van der Waals surface area contributed by atoms with Crippen LogP contribution < -0.4 is 4.90 Å². The van der Waals surface area contributed by atoms with Crippen molar-refractivity contribution in [2.75, 3.05) is 25.5 Å². The van der Waals surface area contributed by atoms with Crippen molar-refractivity contribution in [3.63, 3.8) is 0 Å². The molecule has 6 heteroatoms. The third-order valence-corrected chi connectivity index (χ3v) is 10.9. The van der Waals surface area contributed by atoms with Gasteiger partial charge in [0.05, 0.1) is 0 Å². The minimum atomic E-state index is -0.171. The fourth-order valence-electron chi connectivity index (χ4n) is 7.73. The molecule has 1 aliphatic carbocycles. The van der Waals surface area contributed by atoms with Crippen molar-refractivity contribution in [2.24, 2.45) is 0 Å². The van der Waals surface area contributed by atoms with E-state index in [9.17, 15) is 9.59 Å². The van der Waals surface area contributed by atoms with Crippen LogP contribution in [-0.4, -0.2) is 37.4 Å². The molecule has 0 bridgehead atoms. The van der Waals surface area contributed by atoms with E-state index in [4.69, 9.17) is 0 Å². The van der Waals surface area contributed by atoms with Gasteiger partial charge in [0.1, 0.15) is 0 Å². The van der Waals surface area contributed by atoms with E-state index in [-0.39, 0.29) is 17.2 Å². The molecule has 0 aromatic heterocycles. The number of carbonyl (C=O) groups is 2. The zero-order chi connectivity index (χ0) is 31.7. The SMILES string of the molecule is CCCCCCC1(CCCCCCN2C(=O)c3cccc4c(N(C)C)ccc(c34)C2=O)c2cc(Br)ccc2-c2ccc(Br)cc21. The van der Waals surface area contributed by atoms with Crippen LogP contribution in [0, 0.1) is 0 Å². The summed E-state index contributed by atoms with van der Waals surface area (Å²) in [4.78, 5) is 30.6. The fourth-order valence-corrected chi connectivity index (χ4v) is 8.45. The Hall–Kier alpha value is -2.96. The molecule has 0 atom stereocenters. The first-order valence-corrected chi connectivity index (χ1v) is 18.0. The van der Waals surface area contributed by atoms with Gasteiger partial charge >= 0.3 is 0 Å². The molecule has 2 aliphatic rings. The molecular weight excluding hydrogens is 688 g/mol. The van der Waals surface area contributed by atoms with Crippen LogP contribution in [0.25, 0.3) is 21.9 Å². The maximum Gasteiger partial charge on any atom is 0.261 e. The second-order valence-electron chi connectivity index (χ2n) is 13.0. The first-order chi connectivity index (χ1) is 21.8. The third-order valence-electron chi connectivity index (χ3n) is 9.93. The van der Waals surface area contributed by atoms with Crippen molar-refractivity contribution in [1.29, 1.82) is 0 Å². The molecule has 1 heterocycles. The number of fused-ring (bicyclic) bond motifs is 3. The largest absolute Gasteiger partial charge is 0.377 e. The Morgan fingerprint density at radius 2 is 1.22 bits per heavy atom. The van der Waals surface area contributed by atoms with Gasteiger partial charge in [0.15, 0.2) is 0 Å². The Balaban J connectivity index is 1.15. The second kappa shape index (κ2) is 13.4. The number of hydrogen-bond acceptors (Lipinski definition) is 3. The highest BCUT2D eigenvalue weighted by molar-refractivity contribution is 9.10. The highest BCUT2D eigenvalue weighted by Gasteiger charge is 2.42. The first kappa shape index (κ1) is 32.0. The van der Waals surface area contributed by atoms with E-state index >= 15 is 0 Å². The van der Waals surface area contributed by atoms with Crippen molar-refractivity contribution >= 4 is 60.1 Å². The molecule has 0 N–H and O–H groups in total. The molecule has 2 amide bonds. The number of halogens is 2. The maximum absolute atomic E-state index is 13.6. The number of rotatable bonds is 13. The zero-order valence-corrected chi connectivity index (χ0v) is 29.8. The van der Waals surface area contributed by atoms with Gasteiger partial charge in [-0.2, -0.15) is 0 Å². The van der Waals surface area contributed by atoms with E-state index in [0.29, 0.717) is 17.7 Å². The minimum absolute atomic E-state index is 0.00142. The van der Waals surface area contributed by atoms with Crippen molar-refractivity contribution in [2.45, 2.75) is 76.5 Å². The van der Waals surface area contributed by atoms with E-state index in [1.807, 2.05) is 49.3 Å². The van der Waals surface area contributed by atoms with Gasteiger partial charge in [-0.15, -0.1) is 0 Å². The Morgan fingerprint density at radius 3 is 1.82 bits per heavy atom. The lowest BCUT2D eigenvalue weighted by molar-refractivity contribution is 0.0607. The molecule has 4 aromatic carbocycles. The Kier molecular flexibility index (Phi) is 9.54. The molecule has 0 fully saturated rings. The summed E-state index contributed by atoms with van der Waals surface area (Å²) < 4.78 is 2.27.